The molecule has 0 aromatic heterocycles. The maximum absolute atomic E-state index is 10.2. The second-order valence-electron chi connectivity index (χ2n) is 13.1. The summed E-state index contributed by atoms with van der Waals surface area (Å²) in [5, 5.41) is 17.6. The minimum atomic E-state index is 0.654. The first-order valence-corrected chi connectivity index (χ1v) is 17.1. The highest BCUT2D eigenvalue weighted by atomic mass is 14.3. The predicted molar refractivity (Wildman–Crippen MR) is 210 cm³/mol. The van der Waals surface area contributed by atoms with Crippen molar-refractivity contribution in [2.75, 3.05) is 0 Å². The fourth-order valence-electron chi connectivity index (χ4n) is 8.24. The Morgan fingerprint density at radius 2 is 0.880 bits per heavy atom. The van der Waals surface area contributed by atoms with Gasteiger partial charge in [0.05, 0.1) is 11.6 Å². The van der Waals surface area contributed by atoms with Crippen molar-refractivity contribution in [1.29, 1.82) is 5.26 Å². The third-order valence-corrected chi connectivity index (χ3v) is 10.4. The zero-order chi connectivity index (χ0) is 33.2. The highest BCUT2D eigenvalue weighted by Gasteiger charge is 2.31. The van der Waals surface area contributed by atoms with Gasteiger partial charge in [-0.3, -0.25) is 0 Å². The predicted octanol–water partition coefficient (Wildman–Crippen LogP) is 13.3. The minimum absolute atomic E-state index is 0.654. The Kier molecular flexibility index (Phi) is 6.31. The molecule has 0 unspecified atom stereocenters. The Hall–Kier alpha value is -6.75. The van der Waals surface area contributed by atoms with Crippen molar-refractivity contribution in [2.24, 2.45) is 0 Å². The van der Waals surface area contributed by atoms with E-state index in [-0.39, 0.29) is 0 Å². The molecule has 0 spiro atoms. The zero-order valence-electron chi connectivity index (χ0n) is 27.2. The van der Waals surface area contributed by atoms with Gasteiger partial charge in [0.2, 0.25) is 0 Å². The van der Waals surface area contributed by atoms with Crippen molar-refractivity contribution in [3.8, 4) is 72.8 Å². The summed E-state index contributed by atoms with van der Waals surface area (Å²) in [5.41, 5.74) is 15.0. The first kappa shape index (κ1) is 28.3. The molecule has 0 radical (unpaired) electrons. The number of nitriles is 1. The summed E-state index contributed by atoms with van der Waals surface area (Å²) in [5.74, 6) is 0. The van der Waals surface area contributed by atoms with Crippen LogP contribution in [0.1, 0.15) is 5.56 Å². The van der Waals surface area contributed by atoms with Crippen LogP contribution < -0.4 is 0 Å². The van der Waals surface area contributed by atoms with E-state index in [1.165, 1.54) is 76.8 Å². The molecule has 0 atom stereocenters. The lowest BCUT2D eigenvalue weighted by atomic mass is 9.82. The highest BCUT2D eigenvalue weighted by Crippen LogP contribution is 2.58. The van der Waals surface area contributed by atoms with Gasteiger partial charge in [-0.15, -0.1) is 0 Å². The molecule has 0 heterocycles. The molecule has 1 aliphatic carbocycles. The largest absolute Gasteiger partial charge is 0.192 e. The SMILES string of the molecule is N#Cc1cc(-c2ccc3ccccc3c2)cc(-c2ccc3c4c(cccc24)-c2c-3c(-c3ccccc3)c3ccccc3c2-c2ccccc2)c1. The van der Waals surface area contributed by atoms with Crippen LogP contribution >= 0.6 is 0 Å². The molecular weight excluding hydrogens is 603 g/mol. The van der Waals surface area contributed by atoms with E-state index in [4.69, 9.17) is 0 Å². The number of rotatable bonds is 4. The molecule has 0 saturated heterocycles. The molecular formula is C49H29N. The number of nitrogens with zero attached hydrogens (tertiary/aromatic N) is 1. The van der Waals surface area contributed by atoms with Gasteiger partial charge < -0.3 is 0 Å². The Bertz CT molecular complexity index is 2760. The molecule has 50 heavy (non-hydrogen) atoms. The van der Waals surface area contributed by atoms with Gasteiger partial charge in [-0.05, 0) is 123 Å². The van der Waals surface area contributed by atoms with Crippen molar-refractivity contribution in [3.63, 3.8) is 0 Å². The van der Waals surface area contributed by atoms with Gasteiger partial charge in [-0.2, -0.15) is 5.26 Å². The van der Waals surface area contributed by atoms with Gasteiger partial charge in [-0.1, -0.05) is 152 Å². The minimum Gasteiger partial charge on any atom is -0.192 e. The molecule has 0 aliphatic heterocycles. The lowest BCUT2D eigenvalue weighted by Crippen LogP contribution is -1.93. The average Bonchev–Trinajstić information content (AvgIpc) is 3.52. The second-order valence-corrected chi connectivity index (χ2v) is 13.1. The van der Waals surface area contributed by atoms with E-state index in [2.05, 4.69) is 170 Å². The number of benzene rings is 9. The Balaban J connectivity index is 1.27. The topological polar surface area (TPSA) is 23.8 Å². The van der Waals surface area contributed by atoms with E-state index < -0.39 is 0 Å². The maximum atomic E-state index is 10.2. The van der Waals surface area contributed by atoms with E-state index >= 15 is 0 Å². The van der Waals surface area contributed by atoms with Crippen LogP contribution in [0.3, 0.4) is 0 Å². The summed E-state index contributed by atoms with van der Waals surface area (Å²) in [7, 11) is 0. The molecule has 0 N–H and O–H groups in total. The van der Waals surface area contributed by atoms with Crippen LogP contribution in [0.4, 0.5) is 0 Å². The van der Waals surface area contributed by atoms with E-state index in [1.807, 2.05) is 12.1 Å². The van der Waals surface area contributed by atoms with Crippen LogP contribution in [0.25, 0.3) is 99.1 Å². The smallest absolute Gasteiger partial charge is 0.0992 e. The second kappa shape index (κ2) is 11.2. The molecule has 10 rings (SSSR count). The van der Waals surface area contributed by atoms with Crippen LogP contribution in [0.15, 0.2) is 176 Å². The zero-order valence-corrected chi connectivity index (χ0v) is 27.2. The van der Waals surface area contributed by atoms with Gasteiger partial charge >= 0.3 is 0 Å². The molecule has 1 aliphatic rings. The highest BCUT2D eigenvalue weighted by molar-refractivity contribution is 6.28. The summed E-state index contributed by atoms with van der Waals surface area (Å²) in [4.78, 5) is 0. The number of fused-ring (bicyclic) bond motifs is 5. The first-order valence-electron chi connectivity index (χ1n) is 17.1. The summed E-state index contributed by atoms with van der Waals surface area (Å²) in [6, 6.07) is 65.6. The van der Waals surface area contributed by atoms with Crippen LogP contribution in [0, 0.1) is 11.3 Å². The van der Waals surface area contributed by atoms with Crippen LogP contribution in [-0.4, -0.2) is 0 Å². The lowest BCUT2D eigenvalue weighted by molar-refractivity contribution is 1.48. The molecule has 9 aromatic rings. The van der Waals surface area contributed by atoms with Crippen molar-refractivity contribution in [2.45, 2.75) is 0 Å². The van der Waals surface area contributed by atoms with Gasteiger partial charge in [0, 0.05) is 0 Å². The van der Waals surface area contributed by atoms with Crippen LogP contribution in [0.2, 0.25) is 0 Å². The Morgan fingerprint density at radius 1 is 0.320 bits per heavy atom. The molecule has 0 fully saturated rings. The summed E-state index contributed by atoms with van der Waals surface area (Å²) < 4.78 is 0. The van der Waals surface area contributed by atoms with Crippen LogP contribution in [0.5, 0.6) is 0 Å². The van der Waals surface area contributed by atoms with E-state index in [0.29, 0.717) is 5.56 Å². The van der Waals surface area contributed by atoms with Gasteiger partial charge in [0.15, 0.2) is 0 Å². The van der Waals surface area contributed by atoms with Crippen molar-refractivity contribution in [1.82, 2.24) is 0 Å². The fraction of sp³-hybridized carbons (Fsp3) is 0. The van der Waals surface area contributed by atoms with E-state index in [9.17, 15) is 5.26 Å². The molecule has 0 amide bonds. The summed E-state index contributed by atoms with van der Waals surface area (Å²) >= 11 is 0. The molecule has 1 nitrogen and oxygen atoms in total. The lowest BCUT2D eigenvalue weighted by Gasteiger charge is -2.20. The standard InChI is InChI=1S/C49H29N/c50-30-31-26-37(36-23-22-32-12-7-8-17-35(32)28-36)29-38(27-31)39-24-25-44-47-40(39)20-11-21-43(47)48-45(33-13-3-1-4-14-33)41-18-9-10-19-42(41)46(49(44)48)34-15-5-2-6-16-34/h1-29H. The number of hydrogen-bond donors (Lipinski definition) is 0. The summed E-state index contributed by atoms with van der Waals surface area (Å²) in [6.45, 7) is 0. The average molecular weight is 632 g/mol. The van der Waals surface area contributed by atoms with E-state index in [0.717, 1.165) is 22.3 Å². The Morgan fingerprint density at radius 3 is 1.56 bits per heavy atom. The third-order valence-electron chi connectivity index (χ3n) is 10.4. The first-order chi connectivity index (χ1) is 24.8. The Labute approximate surface area is 291 Å². The molecule has 230 valence electrons. The normalized spacial score (nSPS) is 11.6. The molecule has 9 aromatic carbocycles. The molecule has 0 bridgehead atoms. The quantitative estimate of drug-likeness (QED) is 0.190. The summed E-state index contributed by atoms with van der Waals surface area (Å²) in [6.07, 6.45) is 0. The van der Waals surface area contributed by atoms with Gasteiger partial charge in [-0.25, -0.2) is 0 Å². The van der Waals surface area contributed by atoms with Crippen LogP contribution in [-0.2, 0) is 0 Å². The monoisotopic (exact) mass is 631 g/mol. The van der Waals surface area contributed by atoms with Gasteiger partial charge in [0.25, 0.3) is 0 Å². The maximum Gasteiger partial charge on any atom is 0.0992 e. The van der Waals surface area contributed by atoms with E-state index in [1.54, 1.807) is 0 Å². The van der Waals surface area contributed by atoms with Crippen molar-refractivity contribution in [3.05, 3.63) is 181 Å². The van der Waals surface area contributed by atoms with Crippen molar-refractivity contribution < 1.29 is 0 Å². The van der Waals surface area contributed by atoms with Gasteiger partial charge in [0.1, 0.15) is 0 Å². The fourth-order valence-corrected chi connectivity index (χ4v) is 8.24. The third kappa shape index (κ3) is 4.26. The number of hydrogen-bond acceptors (Lipinski definition) is 1. The molecule has 1 heteroatoms. The molecule has 0 saturated carbocycles. The van der Waals surface area contributed by atoms with Crippen molar-refractivity contribution >= 4 is 32.3 Å².